The number of anilines is 1. The molecule has 2 aromatic rings. The molecule has 0 radical (unpaired) electrons. The molecule has 1 unspecified atom stereocenters. The van der Waals surface area contributed by atoms with Gasteiger partial charge in [-0.3, -0.25) is 0 Å². The van der Waals surface area contributed by atoms with Gasteiger partial charge in [0.15, 0.2) is 0 Å². The van der Waals surface area contributed by atoms with Crippen LogP contribution in [0.3, 0.4) is 0 Å². The number of nitrogens with zero attached hydrogens (tertiary/aromatic N) is 1. The van der Waals surface area contributed by atoms with Crippen molar-refractivity contribution in [3.63, 3.8) is 0 Å². The molecule has 110 valence electrons. The Morgan fingerprint density at radius 1 is 1.19 bits per heavy atom. The summed E-state index contributed by atoms with van der Waals surface area (Å²) >= 11 is 6.47. The lowest BCUT2D eigenvalue weighted by Crippen LogP contribution is -2.19. The molecular weight excluding hydrogens is 280 g/mol. The van der Waals surface area contributed by atoms with Gasteiger partial charge in [0.2, 0.25) is 0 Å². The third-order valence-corrected chi connectivity index (χ3v) is 4.50. The molecule has 1 aliphatic heterocycles. The van der Waals surface area contributed by atoms with Crippen molar-refractivity contribution in [2.75, 3.05) is 25.0 Å². The summed E-state index contributed by atoms with van der Waals surface area (Å²) in [4.78, 5) is 2.41. The van der Waals surface area contributed by atoms with Crippen molar-refractivity contribution in [2.45, 2.75) is 18.9 Å². The van der Waals surface area contributed by atoms with E-state index in [-0.39, 0.29) is 0 Å². The number of halogens is 1. The lowest BCUT2D eigenvalue weighted by molar-refractivity contribution is 0.775. The lowest BCUT2D eigenvalue weighted by atomic mass is 9.99. The molecule has 0 aromatic heterocycles. The molecule has 3 heteroatoms. The quantitative estimate of drug-likeness (QED) is 0.916. The third kappa shape index (κ3) is 3.22. The summed E-state index contributed by atoms with van der Waals surface area (Å²) in [7, 11) is 1.95. The fourth-order valence-corrected chi connectivity index (χ4v) is 3.42. The van der Waals surface area contributed by atoms with Crippen molar-refractivity contribution in [2.24, 2.45) is 0 Å². The summed E-state index contributed by atoms with van der Waals surface area (Å²) in [5, 5.41) is 4.01. The predicted octanol–water partition coefficient (Wildman–Crippen LogP) is 4.05. The molecule has 1 fully saturated rings. The maximum atomic E-state index is 6.47. The highest BCUT2D eigenvalue weighted by Crippen LogP contribution is 2.34. The molecule has 0 amide bonds. The minimum Gasteiger partial charge on any atom is -0.370 e. The first-order chi connectivity index (χ1) is 10.3. The van der Waals surface area contributed by atoms with E-state index in [1.807, 2.05) is 7.05 Å². The van der Waals surface area contributed by atoms with E-state index in [1.165, 1.54) is 17.5 Å². The smallest absolute Gasteiger partial charge is 0.0642 e. The number of hydrogen-bond donors (Lipinski definition) is 1. The van der Waals surface area contributed by atoms with Crippen molar-refractivity contribution in [1.29, 1.82) is 0 Å². The molecular formula is C18H21ClN2. The first kappa shape index (κ1) is 14.4. The normalized spacial score (nSPS) is 18.2. The summed E-state index contributed by atoms with van der Waals surface area (Å²) < 4.78 is 0. The van der Waals surface area contributed by atoms with Crippen molar-refractivity contribution in [1.82, 2.24) is 5.32 Å². The van der Waals surface area contributed by atoms with Gasteiger partial charge in [0, 0.05) is 25.6 Å². The van der Waals surface area contributed by atoms with Crippen LogP contribution in [0.25, 0.3) is 0 Å². The SMILES string of the molecule is CNCc1ccc(N2CCC(c3ccccc3)C2)c(Cl)c1. The monoisotopic (exact) mass is 300 g/mol. The second-order valence-electron chi connectivity index (χ2n) is 5.66. The zero-order valence-electron chi connectivity index (χ0n) is 12.3. The fourth-order valence-electron chi connectivity index (χ4n) is 3.10. The van der Waals surface area contributed by atoms with Crippen molar-refractivity contribution < 1.29 is 0 Å². The second-order valence-corrected chi connectivity index (χ2v) is 6.07. The van der Waals surface area contributed by atoms with Crippen LogP contribution in [0.15, 0.2) is 48.5 Å². The zero-order chi connectivity index (χ0) is 14.7. The molecule has 2 nitrogen and oxygen atoms in total. The largest absolute Gasteiger partial charge is 0.370 e. The molecule has 1 heterocycles. The van der Waals surface area contributed by atoms with Gasteiger partial charge in [-0.15, -0.1) is 0 Å². The Kier molecular flexibility index (Phi) is 4.47. The minimum absolute atomic E-state index is 0.610. The van der Waals surface area contributed by atoms with Gasteiger partial charge in [-0.25, -0.2) is 0 Å². The highest BCUT2D eigenvalue weighted by Gasteiger charge is 2.25. The van der Waals surface area contributed by atoms with Gasteiger partial charge >= 0.3 is 0 Å². The van der Waals surface area contributed by atoms with Crippen LogP contribution in [0.1, 0.15) is 23.5 Å². The fraction of sp³-hybridized carbons (Fsp3) is 0.333. The molecule has 1 atom stereocenters. The third-order valence-electron chi connectivity index (χ3n) is 4.19. The first-order valence-electron chi connectivity index (χ1n) is 7.51. The molecule has 1 saturated heterocycles. The minimum atomic E-state index is 0.610. The molecule has 0 bridgehead atoms. The molecule has 0 aliphatic carbocycles. The van der Waals surface area contributed by atoms with Crippen molar-refractivity contribution in [3.8, 4) is 0 Å². The second kappa shape index (κ2) is 6.50. The topological polar surface area (TPSA) is 15.3 Å². The van der Waals surface area contributed by atoms with E-state index in [4.69, 9.17) is 11.6 Å². The van der Waals surface area contributed by atoms with Crippen LogP contribution in [0.4, 0.5) is 5.69 Å². The Balaban J connectivity index is 1.74. The van der Waals surface area contributed by atoms with Crippen LogP contribution in [0.5, 0.6) is 0 Å². The van der Waals surface area contributed by atoms with Gasteiger partial charge in [0.1, 0.15) is 0 Å². The molecule has 0 spiro atoms. The van der Waals surface area contributed by atoms with E-state index >= 15 is 0 Å². The molecule has 0 saturated carbocycles. The van der Waals surface area contributed by atoms with E-state index in [1.54, 1.807) is 0 Å². The average Bonchev–Trinajstić information content (AvgIpc) is 2.98. The number of nitrogens with one attached hydrogen (secondary N) is 1. The lowest BCUT2D eigenvalue weighted by Gasteiger charge is -2.21. The number of rotatable bonds is 4. The zero-order valence-corrected chi connectivity index (χ0v) is 13.1. The van der Waals surface area contributed by atoms with Crippen LogP contribution in [-0.2, 0) is 6.54 Å². The number of benzene rings is 2. The number of hydrogen-bond acceptors (Lipinski definition) is 2. The Bertz CT molecular complexity index is 597. The van der Waals surface area contributed by atoms with E-state index < -0.39 is 0 Å². The highest BCUT2D eigenvalue weighted by molar-refractivity contribution is 6.33. The van der Waals surface area contributed by atoms with Gasteiger partial charge in [-0.05, 0) is 36.7 Å². The van der Waals surface area contributed by atoms with Gasteiger partial charge in [-0.2, -0.15) is 0 Å². The van der Waals surface area contributed by atoms with Crippen LogP contribution in [0, 0.1) is 0 Å². The van der Waals surface area contributed by atoms with E-state index in [9.17, 15) is 0 Å². The summed E-state index contributed by atoms with van der Waals surface area (Å²) in [6.07, 6.45) is 1.19. The van der Waals surface area contributed by atoms with Gasteiger partial charge in [0.25, 0.3) is 0 Å². The maximum absolute atomic E-state index is 6.47. The molecule has 1 N–H and O–H groups in total. The Morgan fingerprint density at radius 2 is 2.00 bits per heavy atom. The van der Waals surface area contributed by atoms with Crippen LogP contribution >= 0.6 is 11.6 Å². The molecule has 3 rings (SSSR count). The van der Waals surface area contributed by atoms with Crippen molar-refractivity contribution >= 4 is 17.3 Å². The standard InChI is InChI=1S/C18H21ClN2/c1-20-12-14-7-8-18(17(19)11-14)21-10-9-16(13-21)15-5-3-2-4-6-15/h2-8,11,16,20H,9-10,12-13H2,1H3. The molecule has 1 aliphatic rings. The van der Waals surface area contributed by atoms with Crippen LogP contribution in [-0.4, -0.2) is 20.1 Å². The van der Waals surface area contributed by atoms with Crippen LogP contribution in [0.2, 0.25) is 5.02 Å². The molecule has 2 aromatic carbocycles. The Labute approximate surface area is 131 Å². The summed E-state index contributed by atoms with van der Waals surface area (Å²) in [5.41, 5.74) is 3.82. The first-order valence-corrected chi connectivity index (χ1v) is 7.88. The van der Waals surface area contributed by atoms with Gasteiger partial charge in [-0.1, -0.05) is 48.0 Å². The van der Waals surface area contributed by atoms with Gasteiger partial charge < -0.3 is 10.2 Å². The van der Waals surface area contributed by atoms with Crippen molar-refractivity contribution in [3.05, 3.63) is 64.7 Å². The van der Waals surface area contributed by atoms with Gasteiger partial charge in [0.05, 0.1) is 10.7 Å². The summed E-state index contributed by atoms with van der Waals surface area (Å²) in [5.74, 6) is 0.610. The average molecular weight is 301 g/mol. The highest BCUT2D eigenvalue weighted by atomic mass is 35.5. The van der Waals surface area contributed by atoms with E-state index in [0.29, 0.717) is 5.92 Å². The molecule has 21 heavy (non-hydrogen) atoms. The van der Waals surface area contributed by atoms with E-state index in [0.717, 1.165) is 30.3 Å². The Morgan fingerprint density at radius 3 is 2.71 bits per heavy atom. The summed E-state index contributed by atoms with van der Waals surface area (Å²) in [6.45, 7) is 2.98. The van der Waals surface area contributed by atoms with Crippen LogP contribution < -0.4 is 10.2 Å². The Hall–Kier alpha value is -1.51. The maximum Gasteiger partial charge on any atom is 0.0642 e. The summed E-state index contributed by atoms with van der Waals surface area (Å²) in [6, 6.07) is 17.2. The van der Waals surface area contributed by atoms with E-state index in [2.05, 4.69) is 58.7 Å². The predicted molar refractivity (Wildman–Crippen MR) is 90.2 cm³/mol.